The van der Waals surface area contributed by atoms with E-state index in [1.165, 1.54) is 12.1 Å². The molecule has 7 nitrogen and oxygen atoms in total. The largest absolute Gasteiger partial charge is 0.416 e. The van der Waals surface area contributed by atoms with Crippen molar-refractivity contribution in [3.8, 4) is 0 Å². The SMILES string of the molecule is O=C1CCCN1Cc1cn(C2CN(C(=O)Cc3cccc(C(F)(F)F)c3)C2)nn1. The zero-order valence-electron chi connectivity index (χ0n) is 15.6. The van der Waals surface area contributed by atoms with Crippen molar-refractivity contribution < 1.29 is 22.8 Å². The first-order valence-electron chi connectivity index (χ1n) is 9.42. The lowest BCUT2D eigenvalue weighted by atomic mass is 10.0. The fourth-order valence-corrected chi connectivity index (χ4v) is 3.60. The Balaban J connectivity index is 1.30. The molecule has 3 heterocycles. The average Bonchev–Trinajstić information content (AvgIpc) is 3.23. The summed E-state index contributed by atoms with van der Waals surface area (Å²) in [7, 11) is 0. The number of halogens is 3. The van der Waals surface area contributed by atoms with Crippen molar-refractivity contribution in [3.63, 3.8) is 0 Å². The average molecular weight is 407 g/mol. The number of nitrogens with zero attached hydrogens (tertiary/aromatic N) is 5. The van der Waals surface area contributed by atoms with Crippen LogP contribution in [0.15, 0.2) is 30.5 Å². The maximum Gasteiger partial charge on any atom is 0.416 e. The number of carbonyl (C=O) groups is 2. The first-order valence-corrected chi connectivity index (χ1v) is 9.42. The van der Waals surface area contributed by atoms with Gasteiger partial charge in [-0.05, 0) is 18.1 Å². The molecule has 2 aliphatic rings. The summed E-state index contributed by atoms with van der Waals surface area (Å²) in [5, 5.41) is 8.18. The van der Waals surface area contributed by atoms with Crippen molar-refractivity contribution in [1.82, 2.24) is 24.8 Å². The van der Waals surface area contributed by atoms with E-state index in [2.05, 4.69) is 10.3 Å². The van der Waals surface area contributed by atoms with E-state index in [-0.39, 0.29) is 24.3 Å². The minimum Gasteiger partial charge on any atom is -0.338 e. The third-order valence-electron chi connectivity index (χ3n) is 5.28. The van der Waals surface area contributed by atoms with E-state index >= 15 is 0 Å². The van der Waals surface area contributed by atoms with Gasteiger partial charge in [-0.1, -0.05) is 23.4 Å². The smallest absolute Gasteiger partial charge is 0.338 e. The Hall–Kier alpha value is -2.91. The maximum atomic E-state index is 12.8. The van der Waals surface area contributed by atoms with Gasteiger partial charge in [0.25, 0.3) is 0 Å². The van der Waals surface area contributed by atoms with Crippen molar-refractivity contribution in [2.75, 3.05) is 19.6 Å². The molecule has 2 saturated heterocycles. The first kappa shape index (κ1) is 19.4. The minimum absolute atomic E-state index is 0.0176. The summed E-state index contributed by atoms with van der Waals surface area (Å²) in [4.78, 5) is 27.4. The fraction of sp³-hybridized carbons (Fsp3) is 0.474. The van der Waals surface area contributed by atoms with Gasteiger partial charge in [-0.2, -0.15) is 13.2 Å². The number of alkyl halides is 3. The van der Waals surface area contributed by atoms with Crippen LogP contribution in [0.2, 0.25) is 0 Å². The van der Waals surface area contributed by atoms with Gasteiger partial charge in [0.2, 0.25) is 11.8 Å². The molecule has 2 fully saturated rings. The van der Waals surface area contributed by atoms with Crippen LogP contribution >= 0.6 is 0 Å². The Labute approximate surface area is 165 Å². The number of amides is 2. The Morgan fingerprint density at radius 2 is 2.03 bits per heavy atom. The van der Waals surface area contributed by atoms with Crippen LogP contribution in [0, 0.1) is 0 Å². The molecule has 2 aliphatic heterocycles. The fourth-order valence-electron chi connectivity index (χ4n) is 3.60. The molecule has 154 valence electrons. The summed E-state index contributed by atoms with van der Waals surface area (Å²) in [6.07, 6.45) is -1.29. The van der Waals surface area contributed by atoms with Gasteiger partial charge in [0.15, 0.2) is 0 Å². The predicted molar refractivity (Wildman–Crippen MR) is 95.4 cm³/mol. The van der Waals surface area contributed by atoms with Gasteiger partial charge in [0.05, 0.1) is 30.8 Å². The highest BCUT2D eigenvalue weighted by atomic mass is 19.4. The van der Waals surface area contributed by atoms with Gasteiger partial charge in [-0.25, -0.2) is 4.68 Å². The molecular formula is C19H20F3N5O2. The Kier molecular flexibility index (Phi) is 5.01. The topological polar surface area (TPSA) is 71.3 Å². The molecule has 10 heteroatoms. The third kappa shape index (κ3) is 4.25. The minimum atomic E-state index is -4.43. The van der Waals surface area contributed by atoms with E-state index in [9.17, 15) is 22.8 Å². The highest BCUT2D eigenvalue weighted by Gasteiger charge is 2.34. The number of benzene rings is 1. The number of rotatable bonds is 5. The molecular weight excluding hydrogens is 387 g/mol. The molecule has 1 aromatic heterocycles. The second-order valence-electron chi connectivity index (χ2n) is 7.44. The normalized spacial score (nSPS) is 17.7. The number of aromatic nitrogens is 3. The van der Waals surface area contributed by atoms with Gasteiger partial charge in [0, 0.05) is 26.1 Å². The van der Waals surface area contributed by atoms with Crippen LogP contribution in [0.25, 0.3) is 0 Å². The number of likely N-dealkylation sites (tertiary alicyclic amines) is 2. The Morgan fingerprint density at radius 1 is 1.24 bits per heavy atom. The second kappa shape index (κ2) is 7.49. The molecule has 0 N–H and O–H groups in total. The molecule has 0 bridgehead atoms. The summed E-state index contributed by atoms with van der Waals surface area (Å²) in [5.74, 6) is -0.0989. The van der Waals surface area contributed by atoms with Crippen molar-refractivity contribution in [1.29, 1.82) is 0 Å². The van der Waals surface area contributed by atoms with Crippen molar-refractivity contribution >= 4 is 11.8 Å². The lowest BCUT2D eigenvalue weighted by molar-refractivity contribution is -0.138. The molecule has 2 amide bonds. The Bertz CT molecular complexity index is 921. The second-order valence-corrected chi connectivity index (χ2v) is 7.44. The summed E-state index contributed by atoms with van der Waals surface area (Å²) >= 11 is 0. The lowest BCUT2D eigenvalue weighted by Gasteiger charge is -2.39. The predicted octanol–water partition coefficient (Wildman–Crippen LogP) is 2.05. The van der Waals surface area contributed by atoms with Crippen LogP contribution in [0.5, 0.6) is 0 Å². The molecule has 1 aromatic carbocycles. The highest BCUT2D eigenvalue weighted by Crippen LogP contribution is 2.30. The maximum absolute atomic E-state index is 12.8. The van der Waals surface area contributed by atoms with Gasteiger partial charge < -0.3 is 9.80 Å². The van der Waals surface area contributed by atoms with E-state index < -0.39 is 11.7 Å². The molecule has 0 aliphatic carbocycles. The van der Waals surface area contributed by atoms with E-state index in [4.69, 9.17) is 0 Å². The van der Waals surface area contributed by atoms with E-state index in [1.54, 1.807) is 20.7 Å². The van der Waals surface area contributed by atoms with Crippen LogP contribution in [0.3, 0.4) is 0 Å². The molecule has 0 radical (unpaired) electrons. The number of hydrogen-bond acceptors (Lipinski definition) is 4. The first-order chi connectivity index (χ1) is 13.8. The molecule has 0 saturated carbocycles. The molecule has 29 heavy (non-hydrogen) atoms. The monoisotopic (exact) mass is 407 g/mol. The summed E-state index contributed by atoms with van der Waals surface area (Å²) in [6, 6.07) is 4.82. The lowest BCUT2D eigenvalue weighted by Crippen LogP contribution is -2.51. The molecule has 2 aromatic rings. The summed E-state index contributed by atoms with van der Waals surface area (Å²) in [6.45, 7) is 2.03. The van der Waals surface area contributed by atoms with Gasteiger partial charge in [0.1, 0.15) is 5.69 Å². The van der Waals surface area contributed by atoms with Gasteiger partial charge >= 0.3 is 6.18 Å². The van der Waals surface area contributed by atoms with Crippen molar-refractivity contribution in [2.24, 2.45) is 0 Å². The van der Waals surface area contributed by atoms with Gasteiger partial charge in [-0.3, -0.25) is 9.59 Å². The van der Waals surface area contributed by atoms with Gasteiger partial charge in [-0.15, -0.1) is 5.10 Å². The summed E-state index contributed by atoms with van der Waals surface area (Å²) in [5.41, 5.74) is 0.288. The zero-order valence-corrected chi connectivity index (χ0v) is 15.6. The van der Waals surface area contributed by atoms with E-state index in [0.29, 0.717) is 37.3 Å². The van der Waals surface area contributed by atoms with Crippen LogP contribution < -0.4 is 0 Å². The van der Waals surface area contributed by atoms with Crippen LogP contribution in [0.1, 0.15) is 35.7 Å². The number of hydrogen-bond donors (Lipinski definition) is 0. The summed E-state index contributed by atoms with van der Waals surface area (Å²) < 4.78 is 40.1. The van der Waals surface area contributed by atoms with Crippen LogP contribution in [-0.2, 0) is 28.7 Å². The zero-order chi connectivity index (χ0) is 20.6. The molecule has 0 atom stereocenters. The van der Waals surface area contributed by atoms with Crippen LogP contribution in [-0.4, -0.2) is 56.2 Å². The number of carbonyl (C=O) groups excluding carboxylic acids is 2. The quantitative estimate of drug-likeness (QED) is 0.761. The van der Waals surface area contributed by atoms with E-state index in [1.807, 2.05) is 0 Å². The van der Waals surface area contributed by atoms with Crippen molar-refractivity contribution in [2.45, 2.75) is 38.0 Å². The standard InChI is InChI=1S/C19H20F3N5O2/c20-19(21,22)14-4-1-3-13(7-14)8-18(29)26-11-16(12-26)27-10-15(23-24-27)9-25-6-2-5-17(25)28/h1,3-4,7,10,16H,2,5-6,8-9,11-12H2. The third-order valence-corrected chi connectivity index (χ3v) is 5.28. The molecule has 4 rings (SSSR count). The molecule has 0 spiro atoms. The van der Waals surface area contributed by atoms with E-state index in [0.717, 1.165) is 25.1 Å². The molecule has 0 unspecified atom stereocenters. The van der Waals surface area contributed by atoms with Crippen molar-refractivity contribution in [3.05, 3.63) is 47.3 Å². The Morgan fingerprint density at radius 3 is 2.72 bits per heavy atom. The van der Waals surface area contributed by atoms with Crippen LogP contribution in [0.4, 0.5) is 13.2 Å². The highest BCUT2D eigenvalue weighted by molar-refractivity contribution is 5.79.